The van der Waals surface area contributed by atoms with Gasteiger partial charge in [0.1, 0.15) is 5.69 Å². The van der Waals surface area contributed by atoms with Gasteiger partial charge in [-0.15, -0.1) is 0 Å². The molecule has 0 aliphatic carbocycles. The van der Waals surface area contributed by atoms with Crippen molar-refractivity contribution in [3.05, 3.63) is 82.8 Å². The molecule has 0 saturated carbocycles. The Balaban J connectivity index is 1.32. The minimum Gasteiger partial charge on any atom is -0.461 e. The minimum atomic E-state index is -0.466. The van der Waals surface area contributed by atoms with E-state index in [1.54, 1.807) is 30.0 Å². The highest BCUT2D eigenvalue weighted by molar-refractivity contribution is 6.09. The summed E-state index contributed by atoms with van der Waals surface area (Å²) in [6.07, 6.45) is 0. The van der Waals surface area contributed by atoms with Crippen LogP contribution in [0.5, 0.6) is 0 Å². The van der Waals surface area contributed by atoms with Gasteiger partial charge in [-0.3, -0.25) is 14.7 Å². The third-order valence-corrected chi connectivity index (χ3v) is 5.64. The Hall–Kier alpha value is -4.84. The first kappa shape index (κ1) is 22.0. The zero-order valence-corrected chi connectivity index (χ0v) is 18.8. The van der Waals surface area contributed by atoms with Gasteiger partial charge >= 0.3 is 5.97 Å². The van der Waals surface area contributed by atoms with Crippen molar-refractivity contribution in [1.82, 2.24) is 20.1 Å². The van der Waals surface area contributed by atoms with Gasteiger partial charge in [0.2, 0.25) is 0 Å². The summed E-state index contributed by atoms with van der Waals surface area (Å²) in [4.78, 5) is 42.3. The average Bonchev–Trinajstić information content (AvgIpc) is 3.58. The Labute approximate surface area is 200 Å². The molecule has 2 aromatic heterocycles. The lowest BCUT2D eigenvalue weighted by atomic mass is 10.2. The fourth-order valence-corrected chi connectivity index (χ4v) is 3.96. The highest BCUT2D eigenvalue weighted by Gasteiger charge is 2.30. The number of hydrogen-bond acceptors (Lipinski definition) is 5. The van der Waals surface area contributed by atoms with Gasteiger partial charge < -0.3 is 19.9 Å². The molecule has 4 aromatic rings. The molecule has 174 valence electrons. The van der Waals surface area contributed by atoms with Gasteiger partial charge in [0.15, 0.2) is 5.69 Å². The van der Waals surface area contributed by atoms with Crippen molar-refractivity contribution in [2.45, 2.75) is 20.0 Å². The summed E-state index contributed by atoms with van der Waals surface area (Å²) in [5.41, 5.74) is 3.72. The number of benzene rings is 2. The quantitative estimate of drug-likeness (QED) is 0.314. The lowest BCUT2D eigenvalue weighted by molar-refractivity contribution is -0.125. The number of esters is 1. The summed E-state index contributed by atoms with van der Waals surface area (Å²) in [5.74, 6) is 4.30. The van der Waals surface area contributed by atoms with E-state index in [9.17, 15) is 14.4 Å². The molecule has 3 N–H and O–H groups in total. The molecule has 35 heavy (non-hydrogen) atoms. The smallest absolute Gasteiger partial charge is 0.354 e. The second-order valence-corrected chi connectivity index (χ2v) is 7.93. The van der Waals surface area contributed by atoms with Gasteiger partial charge in [-0.1, -0.05) is 36.3 Å². The Bertz CT molecular complexity index is 1510. The fourth-order valence-electron chi connectivity index (χ4n) is 3.96. The Kier molecular flexibility index (Phi) is 5.77. The number of carbonyl (C=O) groups is 3. The van der Waals surface area contributed by atoms with Crippen LogP contribution in [0.4, 0.5) is 5.69 Å². The van der Waals surface area contributed by atoms with Crippen molar-refractivity contribution < 1.29 is 19.1 Å². The van der Waals surface area contributed by atoms with Gasteiger partial charge in [0, 0.05) is 22.4 Å². The second kappa shape index (κ2) is 9.19. The van der Waals surface area contributed by atoms with Gasteiger partial charge in [0.05, 0.1) is 36.6 Å². The van der Waals surface area contributed by atoms with Crippen LogP contribution in [-0.2, 0) is 22.6 Å². The molecular formula is C26H21N5O4. The van der Waals surface area contributed by atoms with E-state index in [0.29, 0.717) is 34.7 Å². The molecule has 5 rings (SSSR count). The van der Waals surface area contributed by atoms with Crippen LogP contribution >= 0.6 is 0 Å². The number of carbonyl (C=O) groups excluding carboxylic acids is 3. The lowest BCUT2D eigenvalue weighted by Crippen LogP contribution is -2.25. The van der Waals surface area contributed by atoms with Crippen LogP contribution in [0.1, 0.15) is 44.7 Å². The third kappa shape index (κ3) is 4.37. The zero-order chi connectivity index (χ0) is 24.4. The molecule has 0 atom stereocenters. The molecule has 1 aliphatic rings. The summed E-state index contributed by atoms with van der Waals surface area (Å²) in [6.45, 7) is 2.53. The van der Waals surface area contributed by atoms with Crippen LogP contribution in [-0.4, -0.2) is 44.5 Å². The van der Waals surface area contributed by atoms with Crippen LogP contribution in [0.3, 0.4) is 0 Å². The van der Waals surface area contributed by atoms with Crippen molar-refractivity contribution in [1.29, 1.82) is 0 Å². The van der Waals surface area contributed by atoms with Crippen molar-refractivity contribution in [2.24, 2.45) is 0 Å². The van der Waals surface area contributed by atoms with Crippen molar-refractivity contribution in [2.75, 3.05) is 11.9 Å². The molecule has 0 spiro atoms. The SMILES string of the molecule is CCOC(=O)c1cc2cccc(NC(=O)c3n[nH]c4c3CN(C(=O)C#Cc3ccccc3)C4)c2[nH]1. The fraction of sp³-hybridized carbons (Fsp3) is 0.154. The maximum Gasteiger partial charge on any atom is 0.354 e. The Morgan fingerprint density at radius 2 is 1.94 bits per heavy atom. The number of H-pyrrole nitrogens is 2. The van der Waals surface area contributed by atoms with E-state index in [2.05, 4.69) is 32.3 Å². The molecule has 9 nitrogen and oxygen atoms in total. The zero-order valence-electron chi connectivity index (χ0n) is 18.8. The maximum atomic E-state index is 13.1. The molecule has 9 heteroatoms. The number of hydrogen-bond donors (Lipinski definition) is 3. The summed E-state index contributed by atoms with van der Waals surface area (Å²) in [6, 6.07) is 16.3. The largest absolute Gasteiger partial charge is 0.461 e. The topological polar surface area (TPSA) is 120 Å². The highest BCUT2D eigenvalue weighted by atomic mass is 16.5. The molecule has 0 radical (unpaired) electrons. The van der Waals surface area contributed by atoms with E-state index in [0.717, 1.165) is 10.9 Å². The van der Waals surface area contributed by atoms with Crippen molar-refractivity contribution in [3.63, 3.8) is 0 Å². The van der Waals surface area contributed by atoms with Crippen LogP contribution < -0.4 is 5.32 Å². The number of aromatic amines is 2. The van der Waals surface area contributed by atoms with E-state index in [4.69, 9.17) is 4.74 Å². The normalized spacial score (nSPS) is 12.1. The molecule has 1 aliphatic heterocycles. The molecule has 0 fully saturated rings. The third-order valence-electron chi connectivity index (χ3n) is 5.64. The van der Waals surface area contributed by atoms with Crippen molar-refractivity contribution in [3.8, 4) is 11.8 Å². The van der Waals surface area contributed by atoms with Gasteiger partial charge in [-0.05, 0) is 31.2 Å². The highest BCUT2D eigenvalue weighted by Crippen LogP contribution is 2.27. The Morgan fingerprint density at radius 1 is 1.11 bits per heavy atom. The molecule has 3 heterocycles. The molecule has 0 saturated heterocycles. The molecule has 0 unspecified atom stereocenters. The number of anilines is 1. The van der Waals surface area contributed by atoms with Crippen molar-refractivity contribution >= 4 is 34.4 Å². The monoisotopic (exact) mass is 467 g/mol. The number of nitrogens with zero attached hydrogens (tertiary/aromatic N) is 2. The molecule has 0 bridgehead atoms. The number of nitrogens with one attached hydrogen (secondary N) is 3. The molecular weight excluding hydrogens is 446 g/mol. The van der Waals surface area contributed by atoms with E-state index in [1.807, 2.05) is 36.4 Å². The number of rotatable bonds is 4. The van der Waals surface area contributed by atoms with Gasteiger partial charge in [-0.2, -0.15) is 5.10 Å². The average molecular weight is 467 g/mol. The minimum absolute atomic E-state index is 0.209. The maximum absolute atomic E-state index is 13.1. The summed E-state index contributed by atoms with van der Waals surface area (Å²) in [7, 11) is 0. The Morgan fingerprint density at radius 3 is 2.74 bits per heavy atom. The summed E-state index contributed by atoms with van der Waals surface area (Å²) < 4.78 is 5.05. The molecule has 2 aromatic carbocycles. The van der Waals surface area contributed by atoms with E-state index < -0.39 is 11.9 Å². The number of para-hydroxylation sites is 1. The standard InChI is InChI=1S/C26H21N5O4/c1-2-35-26(34)20-13-17-9-6-10-19(23(17)27-20)28-25(33)24-18-14-31(15-21(18)29-30-24)22(32)12-11-16-7-4-3-5-8-16/h3-10,13,27H,2,14-15H2,1H3,(H,28,33)(H,29,30). The van der Waals surface area contributed by atoms with Crippen LogP contribution in [0, 0.1) is 11.8 Å². The first-order chi connectivity index (χ1) is 17.0. The van der Waals surface area contributed by atoms with E-state index >= 15 is 0 Å². The van der Waals surface area contributed by atoms with E-state index in [-0.39, 0.29) is 24.8 Å². The number of fused-ring (bicyclic) bond motifs is 2. The number of aromatic nitrogens is 3. The van der Waals surface area contributed by atoms with Crippen LogP contribution in [0.2, 0.25) is 0 Å². The van der Waals surface area contributed by atoms with Gasteiger partial charge in [-0.25, -0.2) is 4.79 Å². The van der Waals surface area contributed by atoms with Gasteiger partial charge in [0.25, 0.3) is 11.8 Å². The first-order valence-electron chi connectivity index (χ1n) is 11.1. The number of amides is 2. The predicted octanol–water partition coefficient (Wildman–Crippen LogP) is 3.21. The summed E-state index contributed by atoms with van der Waals surface area (Å²) >= 11 is 0. The van der Waals surface area contributed by atoms with Crippen LogP contribution in [0.15, 0.2) is 54.6 Å². The first-order valence-corrected chi connectivity index (χ1v) is 11.1. The summed E-state index contributed by atoms with van der Waals surface area (Å²) in [5, 5.41) is 10.6. The van der Waals surface area contributed by atoms with E-state index in [1.165, 1.54) is 0 Å². The lowest BCUT2D eigenvalue weighted by Gasteiger charge is -2.11. The second-order valence-electron chi connectivity index (χ2n) is 7.93. The van der Waals surface area contributed by atoms with Crippen LogP contribution in [0.25, 0.3) is 10.9 Å². The predicted molar refractivity (Wildman–Crippen MR) is 128 cm³/mol. The molecule has 2 amide bonds. The number of ether oxygens (including phenoxy) is 1.